The number of aliphatic hydroxyl groups is 1. The molecule has 0 radical (unpaired) electrons. The van der Waals surface area contributed by atoms with Gasteiger partial charge in [0.1, 0.15) is 11.6 Å². The maximum absolute atomic E-state index is 12.2. The van der Waals surface area contributed by atoms with Gasteiger partial charge in [0.25, 0.3) is 0 Å². The van der Waals surface area contributed by atoms with Crippen LogP contribution in [0, 0.1) is 20.8 Å². The highest BCUT2D eigenvalue weighted by atomic mass is 16.6. The maximum atomic E-state index is 12.2. The Kier molecular flexibility index (Phi) is 3.54. The minimum Gasteiger partial charge on any atom is -0.441 e. The van der Waals surface area contributed by atoms with E-state index < -0.39 is 23.8 Å². The Hall–Kier alpha value is -1.55. The molecule has 1 unspecified atom stereocenters. The van der Waals surface area contributed by atoms with Crippen LogP contribution in [0.3, 0.4) is 0 Å². The summed E-state index contributed by atoms with van der Waals surface area (Å²) in [5.41, 5.74) is 3.49. The van der Waals surface area contributed by atoms with Crippen molar-refractivity contribution in [2.75, 3.05) is 4.90 Å². The highest BCUT2D eigenvalue weighted by Crippen LogP contribution is 2.38. The van der Waals surface area contributed by atoms with Gasteiger partial charge < -0.3 is 9.84 Å². The molecule has 0 spiro atoms. The van der Waals surface area contributed by atoms with Crippen molar-refractivity contribution in [1.29, 1.82) is 0 Å². The van der Waals surface area contributed by atoms with Gasteiger partial charge in [-0.25, -0.2) is 4.79 Å². The summed E-state index contributed by atoms with van der Waals surface area (Å²) in [4.78, 5) is 13.8. The number of aliphatic hydroxyl groups excluding tert-OH is 1. The number of hydrogen-bond acceptors (Lipinski definition) is 3. The third-order valence-electron chi connectivity index (χ3n) is 4.28. The molecule has 0 aliphatic carbocycles. The van der Waals surface area contributed by atoms with Crippen LogP contribution in [-0.2, 0) is 4.74 Å². The van der Waals surface area contributed by atoms with Crippen LogP contribution in [0.25, 0.3) is 0 Å². The van der Waals surface area contributed by atoms with Gasteiger partial charge in [-0.3, -0.25) is 4.90 Å². The zero-order valence-electron chi connectivity index (χ0n) is 13.0. The number of hydrogen-bond donors (Lipinski definition) is 1. The van der Waals surface area contributed by atoms with Gasteiger partial charge in [-0.15, -0.1) is 0 Å². The molecule has 1 aromatic rings. The number of benzene rings is 1. The first-order valence-electron chi connectivity index (χ1n) is 6.94. The SMILES string of the molecule is Cc1ccc(N2C(=O)OC(C)(C)[C@@H]2C(C)O)c(C)c1C. The molecule has 0 saturated carbocycles. The zero-order chi connectivity index (χ0) is 15.2. The van der Waals surface area contributed by atoms with E-state index in [-0.39, 0.29) is 0 Å². The lowest BCUT2D eigenvalue weighted by atomic mass is 9.92. The lowest BCUT2D eigenvalue weighted by molar-refractivity contribution is 0.0314. The van der Waals surface area contributed by atoms with Gasteiger partial charge in [0, 0.05) is 0 Å². The number of cyclic esters (lactones) is 1. The predicted molar refractivity (Wildman–Crippen MR) is 79.2 cm³/mol. The van der Waals surface area contributed by atoms with Crippen molar-refractivity contribution in [2.24, 2.45) is 0 Å². The third kappa shape index (κ3) is 2.18. The average molecular weight is 277 g/mol. The van der Waals surface area contributed by atoms with Crippen LogP contribution in [-0.4, -0.2) is 28.9 Å². The molecular formula is C16H23NO3. The van der Waals surface area contributed by atoms with Crippen molar-refractivity contribution in [3.05, 3.63) is 28.8 Å². The molecule has 2 rings (SSSR count). The Morgan fingerprint density at radius 1 is 1.25 bits per heavy atom. The van der Waals surface area contributed by atoms with Gasteiger partial charge in [0.15, 0.2) is 0 Å². The van der Waals surface area contributed by atoms with E-state index in [1.54, 1.807) is 11.8 Å². The molecule has 1 N–H and O–H groups in total. The van der Waals surface area contributed by atoms with Gasteiger partial charge in [-0.05, 0) is 64.3 Å². The molecule has 4 heteroatoms. The van der Waals surface area contributed by atoms with Crippen molar-refractivity contribution in [3.63, 3.8) is 0 Å². The van der Waals surface area contributed by atoms with Gasteiger partial charge in [-0.2, -0.15) is 0 Å². The van der Waals surface area contributed by atoms with Crippen molar-refractivity contribution < 1.29 is 14.6 Å². The molecule has 1 heterocycles. The summed E-state index contributed by atoms with van der Waals surface area (Å²) < 4.78 is 5.44. The number of ether oxygens (including phenoxy) is 1. The van der Waals surface area contributed by atoms with Crippen LogP contribution in [0.5, 0.6) is 0 Å². The van der Waals surface area contributed by atoms with Crippen LogP contribution < -0.4 is 4.90 Å². The molecule has 1 amide bonds. The summed E-state index contributed by atoms with van der Waals surface area (Å²) in [5.74, 6) is 0. The fraction of sp³-hybridized carbons (Fsp3) is 0.562. The van der Waals surface area contributed by atoms with E-state index in [2.05, 4.69) is 0 Å². The first-order chi connectivity index (χ1) is 9.16. The van der Waals surface area contributed by atoms with E-state index in [1.807, 2.05) is 46.8 Å². The molecule has 2 atom stereocenters. The molecule has 1 aromatic carbocycles. The van der Waals surface area contributed by atoms with Crippen LogP contribution >= 0.6 is 0 Å². The number of anilines is 1. The molecule has 0 aromatic heterocycles. The fourth-order valence-corrected chi connectivity index (χ4v) is 3.01. The van der Waals surface area contributed by atoms with Crippen molar-refractivity contribution in [1.82, 2.24) is 0 Å². The molecular weight excluding hydrogens is 254 g/mol. The van der Waals surface area contributed by atoms with Crippen molar-refractivity contribution in [3.8, 4) is 0 Å². The van der Waals surface area contributed by atoms with Crippen LogP contribution in [0.2, 0.25) is 0 Å². The monoisotopic (exact) mass is 277 g/mol. The Balaban J connectivity index is 2.56. The van der Waals surface area contributed by atoms with Gasteiger partial charge in [0.05, 0.1) is 11.8 Å². The molecule has 1 aliphatic heterocycles. The molecule has 20 heavy (non-hydrogen) atoms. The minimum absolute atomic E-state index is 0.393. The molecule has 1 saturated heterocycles. The van der Waals surface area contributed by atoms with E-state index in [1.165, 1.54) is 5.56 Å². The smallest absolute Gasteiger partial charge is 0.415 e. The summed E-state index contributed by atoms with van der Waals surface area (Å²) in [6, 6.07) is 3.53. The van der Waals surface area contributed by atoms with Crippen LogP contribution in [0.15, 0.2) is 12.1 Å². The standard InChI is InChI=1S/C16H23NO3/c1-9-7-8-13(11(3)10(9)2)17-14(12(4)18)16(5,6)20-15(17)19/h7-8,12,14,18H,1-6H3/t12?,14-/m0/s1. The maximum Gasteiger partial charge on any atom is 0.415 e. The predicted octanol–water partition coefficient (Wildman–Crippen LogP) is 3.10. The lowest BCUT2D eigenvalue weighted by Crippen LogP contribution is -2.49. The fourth-order valence-electron chi connectivity index (χ4n) is 3.01. The number of carbonyl (C=O) groups excluding carboxylic acids is 1. The first kappa shape index (κ1) is 14.9. The summed E-state index contributed by atoms with van der Waals surface area (Å²) in [6.07, 6.45) is -1.07. The third-order valence-corrected chi connectivity index (χ3v) is 4.28. The van der Waals surface area contributed by atoms with E-state index in [4.69, 9.17) is 4.74 Å². The summed E-state index contributed by atoms with van der Waals surface area (Å²) in [5, 5.41) is 10.1. The number of rotatable bonds is 2. The average Bonchev–Trinajstić information content (AvgIpc) is 2.56. The number of carbonyl (C=O) groups is 1. The van der Waals surface area contributed by atoms with Crippen LogP contribution in [0.4, 0.5) is 10.5 Å². The summed E-state index contributed by atoms with van der Waals surface area (Å²) >= 11 is 0. The molecule has 4 nitrogen and oxygen atoms in total. The van der Waals surface area contributed by atoms with E-state index in [0.29, 0.717) is 0 Å². The second-order valence-electron chi connectivity index (χ2n) is 6.18. The highest BCUT2D eigenvalue weighted by Gasteiger charge is 2.51. The largest absolute Gasteiger partial charge is 0.441 e. The normalized spacial score (nSPS) is 22.9. The van der Waals surface area contributed by atoms with Gasteiger partial charge in [-0.1, -0.05) is 6.07 Å². The summed E-state index contributed by atoms with van der Waals surface area (Å²) in [7, 11) is 0. The van der Waals surface area contributed by atoms with Gasteiger partial charge in [0.2, 0.25) is 0 Å². The topological polar surface area (TPSA) is 49.8 Å². The Morgan fingerprint density at radius 2 is 1.85 bits per heavy atom. The van der Waals surface area contributed by atoms with Crippen molar-refractivity contribution >= 4 is 11.8 Å². The molecule has 1 aliphatic rings. The zero-order valence-corrected chi connectivity index (χ0v) is 13.0. The Bertz CT molecular complexity index is 549. The molecule has 1 fully saturated rings. The van der Waals surface area contributed by atoms with Crippen LogP contribution in [0.1, 0.15) is 37.5 Å². The number of nitrogens with zero attached hydrogens (tertiary/aromatic N) is 1. The van der Waals surface area contributed by atoms with E-state index >= 15 is 0 Å². The quantitative estimate of drug-likeness (QED) is 0.903. The minimum atomic E-state index is -0.712. The highest BCUT2D eigenvalue weighted by molar-refractivity contribution is 5.92. The Morgan fingerprint density at radius 3 is 2.40 bits per heavy atom. The first-order valence-corrected chi connectivity index (χ1v) is 6.94. The Labute approximate surface area is 120 Å². The van der Waals surface area contributed by atoms with E-state index in [9.17, 15) is 9.90 Å². The second kappa shape index (κ2) is 4.77. The lowest BCUT2D eigenvalue weighted by Gasteiger charge is -2.32. The number of amides is 1. The molecule has 0 bridgehead atoms. The van der Waals surface area contributed by atoms with Gasteiger partial charge >= 0.3 is 6.09 Å². The molecule has 110 valence electrons. The van der Waals surface area contributed by atoms with E-state index in [0.717, 1.165) is 16.8 Å². The van der Waals surface area contributed by atoms with Crippen molar-refractivity contribution in [2.45, 2.75) is 59.3 Å². The number of aryl methyl sites for hydroxylation is 1. The summed E-state index contributed by atoms with van der Waals surface area (Å²) in [6.45, 7) is 11.4. The second-order valence-corrected chi connectivity index (χ2v) is 6.18.